The lowest BCUT2D eigenvalue weighted by Gasteiger charge is -2.33. The fourth-order valence-electron chi connectivity index (χ4n) is 3.60. The average Bonchev–Trinajstić information content (AvgIpc) is 2.31. The van der Waals surface area contributed by atoms with Gasteiger partial charge in [-0.15, -0.1) is 0 Å². The Morgan fingerprint density at radius 3 is 2.47 bits per heavy atom. The van der Waals surface area contributed by atoms with E-state index in [4.69, 9.17) is 0 Å². The molecule has 0 aromatic rings. The van der Waals surface area contributed by atoms with Gasteiger partial charge in [0.15, 0.2) is 0 Å². The van der Waals surface area contributed by atoms with Crippen molar-refractivity contribution in [3.05, 3.63) is 12.2 Å². The van der Waals surface area contributed by atoms with Crippen LogP contribution in [0.4, 0.5) is 0 Å². The van der Waals surface area contributed by atoms with Crippen molar-refractivity contribution >= 4 is 0 Å². The predicted octanol–water partition coefficient (Wildman–Crippen LogP) is 4.95. The molecule has 0 nitrogen and oxygen atoms in total. The second-order valence-electron chi connectivity index (χ2n) is 5.57. The average molecular weight is 206 g/mol. The molecule has 15 heavy (non-hydrogen) atoms. The number of hydrogen-bond acceptors (Lipinski definition) is 0. The first-order valence-corrected chi connectivity index (χ1v) is 7.06. The van der Waals surface area contributed by atoms with Crippen molar-refractivity contribution in [2.24, 2.45) is 17.8 Å². The number of rotatable bonds is 3. The fraction of sp³-hybridized carbons (Fsp3) is 0.867. The van der Waals surface area contributed by atoms with E-state index in [1.165, 1.54) is 57.8 Å². The van der Waals surface area contributed by atoms with Crippen LogP contribution in [0.1, 0.15) is 64.7 Å². The van der Waals surface area contributed by atoms with E-state index in [9.17, 15) is 0 Å². The van der Waals surface area contributed by atoms with Gasteiger partial charge in [-0.2, -0.15) is 0 Å². The third kappa shape index (κ3) is 3.09. The molecule has 3 unspecified atom stereocenters. The topological polar surface area (TPSA) is 0 Å². The van der Waals surface area contributed by atoms with Crippen LogP contribution < -0.4 is 0 Å². The van der Waals surface area contributed by atoms with Gasteiger partial charge in [0.2, 0.25) is 0 Å². The molecule has 0 N–H and O–H groups in total. The van der Waals surface area contributed by atoms with Crippen molar-refractivity contribution in [1.29, 1.82) is 0 Å². The minimum Gasteiger partial charge on any atom is -0.0883 e. The molecule has 0 amide bonds. The Labute approximate surface area is 95.1 Å². The van der Waals surface area contributed by atoms with Crippen LogP contribution in [-0.2, 0) is 0 Å². The number of allylic oxidation sites excluding steroid dienone is 2. The molecule has 0 aromatic heterocycles. The van der Waals surface area contributed by atoms with Crippen LogP contribution in [-0.4, -0.2) is 0 Å². The highest BCUT2D eigenvalue weighted by molar-refractivity contribution is 4.94. The molecule has 0 aliphatic heterocycles. The van der Waals surface area contributed by atoms with Gasteiger partial charge in [0.1, 0.15) is 0 Å². The third-order valence-corrected chi connectivity index (χ3v) is 4.55. The molecule has 2 aliphatic carbocycles. The highest BCUT2D eigenvalue weighted by atomic mass is 14.3. The van der Waals surface area contributed by atoms with Crippen LogP contribution in [0.5, 0.6) is 0 Å². The maximum atomic E-state index is 2.50. The molecule has 2 aliphatic rings. The Balaban J connectivity index is 1.85. The highest BCUT2D eigenvalue weighted by Crippen LogP contribution is 2.38. The zero-order chi connectivity index (χ0) is 10.5. The van der Waals surface area contributed by atoms with Gasteiger partial charge in [0, 0.05) is 0 Å². The second-order valence-corrected chi connectivity index (χ2v) is 5.57. The van der Waals surface area contributed by atoms with Gasteiger partial charge >= 0.3 is 0 Å². The van der Waals surface area contributed by atoms with E-state index in [1.807, 2.05) is 0 Å². The molecule has 0 saturated heterocycles. The van der Waals surface area contributed by atoms with E-state index in [2.05, 4.69) is 19.1 Å². The molecule has 0 spiro atoms. The van der Waals surface area contributed by atoms with Crippen molar-refractivity contribution in [2.45, 2.75) is 64.7 Å². The highest BCUT2D eigenvalue weighted by Gasteiger charge is 2.25. The summed E-state index contributed by atoms with van der Waals surface area (Å²) >= 11 is 0. The smallest absolute Gasteiger partial charge is 0.0231 e. The quantitative estimate of drug-likeness (QED) is 0.573. The Bertz CT molecular complexity index is 204. The van der Waals surface area contributed by atoms with E-state index in [1.54, 1.807) is 0 Å². The predicted molar refractivity (Wildman–Crippen MR) is 66.8 cm³/mol. The summed E-state index contributed by atoms with van der Waals surface area (Å²) in [6.07, 6.45) is 18.1. The largest absolute Gasteiger partial charge is 0.0883 e. The lowest BCUT2D eigenvalue weighted by Crippen LogP contribution is -2.21. The van der Waals surface area contributed by atoms with E-state index >= 15 is 0 Å². The van der Waals surface area contributed by atoms with Crippen molar-refractivity contribution in [1.82, 2.24) is 0 Å². The first-order valence-electron chi connectivity index (χ1n) is 7.06. The molecular weight excluding hydrogens is 180 g/mol. The van der Waals surface area contributed by atoms with Gasteiger partial charge < -0.3 is 0 Å². The summed E-state index contributed by atoms with van der Waals surface area (Å²) in [5.74, 6) is 3.03. The summed E-state index contributed by atoms with van der Waals surface area (Å²) in [4.78, 5) is 0. The normalized spacial score (nSPS) is 36.7. The SMILES string of the molecule is CCC1CCCCC1CC1C=CCCC1. The van der Waals surface area contributed by atoms with E-state index < -0.39 is 0 Å². The molecule has 3 atom stereocenters. The van der Waals surface area contributed by atoms with Gasteiger partial charge in [-0.05, 0) is 43.4 Å². The molecule has 0 heterocycles. The second kappa shape index (κ2) is 5.72. The Morgan fingerprint density at radius 2 is 1.80 bits per heavy atom. The summed E-state index contributed by atoms with van der Waals surface area (Å²) in [6, 6.07) is 0. The van der Waals surface area contributed by atoms with Crippen molar-refractivity contribution < 1.29 is 0 Å². The van der Waals surface area contributed by atoms with Crippen LogP contribution in [0, 0.1) is 17.8 Å². The Kier molecular flexibility index (Phi) is 4.29. The molecule has 1 saturated carbocycles. The standard InChI is InChI=1S/C15H26/c1-2-14-10-6-7-11-15(14)12-13-8-4-3-5-9-13/h4,8,13-15H,2-3,5-7,9-12H2,1H3. The van der Waals surface area contributed by atoms with E-state index in [-0.39, 0.29) is 0 Å². The lowest BCUT2D eigenvalue weighted by molar-refractivity contribution is 0.196. The maximum absolute atomic E-state index is 2.50. The van der Waals surface area contributed by atoms with Gasteiger partial charge in [-0.3, -0.25) is 0 Å². The fourth-order valence-corrected chi connectivity index (χ4v) is 3.60. The molecular formula is C15H26. The van der Waals surface area contributed by atoms with Gasteiger partial charge in [-0.1, -0.05) is 51.2 Å². The van der Waals surface area contributed by atoms with Gasteiger partial charge in [-0.25, -0.2) is 0 Å². The Morgan fingerprint density at radius 1 is 1.00 bits per heavy atom. The molecule has 0 radical (unpaired) electrons. The minimum absolute atomic E-state index is 0.927. The lowest BCUT2D eigenvalue weighted by atomic mass is 9.72. The van der Waals surface area contributed by atoms with E-state index in [0.717, 1.165) is 17.8 Å². The molecule has 0 bridgehead atoms. The summed E-state index contributed by atoms with van der Waals surface area (Å²) in [5, 5.41) is 0. The van der Waals surface area contributed by atoms with Crippen molar-refractivity contribution in [3.63, 3.8) is 0 Å². The molecule has 0 heteroatoms. The third-order valence-electron chi connectivity index (χ3n) is 4.55. The minimum atomic E-state index is 0.927. The molecule has 2 rings (SSSR count). The summed E-state index contributed by atoms with van der Waals surface area (Å²) in [5.41, 5.74) is 0. The summed E-state index contributed by atoms with van der Waals surface area (Å²) in [6.45, 7) is 2.39. The summed E-state index contributed by atoms with van der Waals surface area (Å²) in [7, 11) is 0. The van der Waals surface area contributed by atoms with Crippen LogP contribution in [0.3, 0.4) is 0 Å². The first kappa shape index (κ1) is 11.2. The zero-order valence-corrected chi connectivity index (χ0v) is 10.3. The van der Waals surface area contributed by atoms with Crippen LogP contribution in [0.2, 0.25) is 0 Å². The molecule has 86 valence electrons. The van der Waals surface area contributed by atoms with Crippen LogP contribution in [0.25, 0.3) is 0 Å². The van der Waals surface area contributed by atoms with Crippen LogP contribution >= 0.6 is 0 Å². The number of hydrogen-bond donors (Lipinski definition) is 0. The zero-order valence-electron chi connectivity index (χ0n) is 10.3. The van der Waals surface area contributed by atoms with Crippen molar-refractivity contribution in [2.75, 3.05) is 0 Å². The van der Waals surface area contributed by atoms with Gasteiger partial charge in [0.05, 0.1) is 0 Å². The van der Waals surface area contributed by atoms with Gasteiger partial charge in [0.25, 0.3) is 0 Å². The Hall–Kier alpha value is -0.260. The maximum Gasteiger partial charge on any atom is -0.0231 e. The van der Waals surface area contributed by atoms with Crippen molar-refractivity contribution in [3.8, 4) is 0 Å². The summed E-state index contributed by atoms with van der Waals surface area (Å²) < 4.78 is 0. The van der Waals surface area contributed by atoms with E-state index in [0.29, 0.717) is 0 Å². The monoisotopic (exact) mass is 206 g/mol. The van der Waals surface area contributed by atoms with Crippen LogP contribution in [0.15, 0.2) is 12.2 Å². The molecule has 0 aromatic carbocycles. The first-order chi connectivity index (χ1) is 7.40. The molecule has 1 fully saturated rings.